The van der Waals surface area contributed by atoms with Crippen LogP contribution >= 0.6 is 0 Å². The summed E-state index contributed by atoms with van der Waals surface area (Å²) in [5.41, 5.74) is 0. The van der Waals surface area contributed by atoms with E-state index in [1.807, 2.05) is 6.07 Å². The minimum atomic E-state index is -1.20. The molecule has 3 rings (SSSR count). The zero-order chi connectivity index (χ0) is 19.4. The SMILES string of the molecule is COc1cccc(OC)c1OC1CCN(C(=O)c2ccc(C(=O)O)o2)CC1. The second kappa shape index (κ2) is 8.03. The Kier molecular flexibility index (Phi) is 5.54. The number of benzene rings is 1. The molecule has 1 aliphatic rings. The molecule has 1 aromatic carbocycles. The van der Waals surface area contributed by atoms with Crippen molar-refractivity contribution < 1.29 is 33.3 Å². The van der Waals surface area contributed by atoms with Crippen molar-refractivity contribution in [3.8, 4) is 17.2 Å². The van der Waals surface area contributed by atoms with Crippen LogP contribution in [0.4, 0.5) is 0 Å². The highest BCUT2D eigenvalue weighted by Gasteiger charge is 2.28. The Morgan fingerprint density at radius 2 is 1.63 bits per heavy atom. The quantitative estimate of drug-likeness (QED) is 0.829. The second-order valence-corrected chi connectivity index (χ2v) is 6.07. The van der Waals surface area contributed by atoms with Crippen LogP contribution in [0.3, 0.4) is 0 Å². The van der Waals surface area contributed by atoms with E-state index in [0.29, 0.717) is 43.2 Å². The molecule has 0 unspecified atom stereocenters. The van der Waals surface area contributed by atoms with E-state index >= 15 is 0 Å². The smallest absolute Gasteiger partial charge is 0.371 e. The Hall–Kier alpha value is -3.16. The number of piperidine rings is 1. The minimum Gasteiger partial charge on any atom is -0.493 e. The van der Waals surface area contributed by atoms with Crippen LogP contribution in [0.2, 0.25) is 0 Å². The largest absolute Gasteiger partial charge is 0.493 e. The maximum absolute atomic E-state index is 12.5. The molecule has 8 heteroatoms. The van der Waals surface area contributed by atoms with Crippen LogP contribution in [0.5, 0.6) is 17.2 Å². The van der Waals surface area contributed by atoms with E-state index in [-0.39, 0.29) is 23.5 Å². The van der Waals surface area contributed by atoms with Gasteiger partial charge in [0, 0.05) is 25.9 Å². The molecule has 1 aliphatic heterocycles. The summed E-state index contributed by atoms with van der Waals surface area (Å²) in [6, 6.07) is 8.08. The van der Waals surface area contributed by atoms with Gasteiger partial charge in [0.15, 0.2) is 17.3 Å². The summed E-state index contributed by atoms with van der Waals surface area (Å²) < 4.78 is 21.8. The maximum atomic E-state index is 12.5. The summed E-state index contributed by atoms with van der Waals surface area (Å²) >= 11 is 0. The van der Waals surface area contributed by atoms with E-state index in [2.05, 4.69) is 0 Å². The van der Waals surface area contributed by atoms with Crippen LogP contribution in [-0.4, -0.2) is 55.3 Å². The minimum absolute atomic E-state index is 0.0261. The monoisotopic (exact) mass is 375 g/mol. The van der Waals surface area contributed by atoms with E-state index < -0.39 is 5.97 Å². The fourth-order valence-corrected chi connectivity index (χ4v) is 3.00. The molecule has 0 spiro atoms. The van der Waals surface area contributed by atoms with Gasteiger partial charge in [-0.25, -0.2) is 4.79 Å². The first-order chi connectivity index (χ1) is 13.0. The van der Waals surface area contributed by atoms with E-state index in [9.17, 15) is 9.59 Å². The number of aromatic carboxylic acids is 1. The topological polar surface area (TPSA) is 98.4 Å². The van der Waals surface area contributed by atoms with Crippen molar-refractivity contribution in [3.05, 3.63) is 41.9 Å². The van der Waals surface area contributed by atoms with E-state index in [1.165, 1.54) is 12.1 Å². The fourth-order valence-electron chi connectivity index (χ4n) is 3.00. The number of carboxylic acid groups (broad SMARTS) is 1. The predicted octanol–water partition coefficient (Wildman–Crippen LogP) is 2.68. The lowest BCUT2D eigenvalue weighted by molar-refractivity contribution is 0.0549. The molecule has 0 saturated carbocycles. The molecule has 27 heavy (non-hydrogen) atoms. The molecule has 1 fully saturated rings. The Morgan fingerprint density at radius 3 is 2.15 bits per heavy atom. The highest BCUT2D eigenvalue weighted by Crippen LogP contribution is 2.38. The average molecular weight is 375 g/mol. The number of furan rings is 1. The Bertz CT molecular complexity index is 799. The number of carboxylic acids is 1. The summed E-state index contributed by atoms with van der Waals surface area (Å²) in [6.07, 6.45) is 1.16. The molecule has 1 aromatic heterocycles. The van der Waals surface area contributed by atoms with Gasteiger partial charge in [0.1, 0.15) is 6.10 Å². The van der Waals surface area contributed by atoms with Crippen molar-refractivity contribution in [2.75, 3.05) is 27.3 Å². The molecule has 0 atom stereocenters. The molecule has 2 heterocycles. The number of carbonyl (C=O) groups excluding carboxylic acids is 1. The van der Waals surface area contributed by atoms with Crippen molar-refractivity contribution in [1.29, 1.82) is 0 Å². The predicted molar refractivity (Wildman–Crippen MR) is 94.8 cm³/mol. The molecule has 1 N–H and O–H groups in total. The first kappa shape index (κ1) is 18.6. The number of likely N-dealkylation sites (tertiary alicyclic amines) is 1. The van der Waals surface area contributed by atoms with Crippen LogP contribution < -0.4 is 14.2 Å². The number of carbonyl (C=O) groups is 2. The third-order valence-corrected chi connectivity index (χ3v) is 4.42. The Labute approximate surface area is 156 Å². The number of hydrogen-bond acceptors (Lipinski definition) is 6. The van der Waals surface area contributed by atoms with Crippen LogP contribution in [0.15, 0.2) is 34.7 Å². The van der Waals surface area contributed by atoms with Crippen molar-refractivity contribution in [2.45, 2.75) is 18.9 Å². The Balaban J connectivity index is 1.62. The van der Waals surface area contributed by atoms with Crippen molar-refractivity contribution in [3.63, 3.8) is 0 Å². The van der Waals surface area contributed by atoms with Crippen LogP contribution in [-0.2, 0) is 0 Å². The number of para-hydroxylation sites is 1. The summed E-state index contributed by atoms with van der Waals surface area (Å²) in [5.74, 6) is -0.0283. The van der Waals surface area contributed by atoms with E-state index in [4.69, 9.17) is 23.7 Å². The van der Waals surface area contributed by atoms with E-state index in [1.54, 1.807) is 31.3 Å². The molecular weight excluding hydrogens is 354 g/mol. The number of rotatable bonds is 6. The molecule has 144 valence electrons. The summed E-state index contributed by atoms with van der Waals surface area (Å²) in [5, 5.41) is 8.89. The van der Waals surface area contributed by atoms with Gasteiger partial charge in [-0.05, 0) is 24.3 Å². The first-order valence-electron chi connectivity index (χ1n) is 8.53. The zero-order valence-electron chi connectivity index (χ0n) is 15.1. The third-order valence-electron chi connectivity index (χ3n) is 4.42. The lowest BCUT2D eigenvalue weighted by atomic mass is 10.1. The van der Waals surface area contributed by atoms with Gasteiger partial charge < -0.3 is 28.6 Å². The Morgan fingerprint density at radius 1 is 1.04 bits per heavy atom. The van der Waals surface area contributed by atoms with Gasteiger partial charge >= 0.3 is 5.97 Å². The maximum Gasteiger partial charge on any atom is 0.371 e. The number of nitrogens with zero attached hydrogens (tertiary/aromatic N) is 1. The van der Waals surface area contributed by atoms with Crippen molar-refractivity contribution in [1.82, 2.24) is 4.90 Å². The molecule has 0 bridgehead atoms. The third kappa shape index (κ3) is 3.99. The van der Waals surface area contributed by atoms with Crippen LogP contribution in [0, 0.1) is 0 Å². The highest BCUT2D eigenvalue weighted by molar-refractivity contribution is 5.93. The standard InChI is InChI=1S/C19H21NO7/c1-24-13-4-3-5-14(25-2)17(13)26-12-8-10-20(11-9-12)18(21)15-6-7-16(27-15)19(22)23/h3-7,12H,8-11H2,1-2H3,(H,22,23). The van der Waals surface area contributed by atoms with Crippen molar-refractivity contribution in [2.24, 2.45) is 0 Å². The van der Waals surface area contributed by atoms with E-state index in [0.717, 1.165) is 0 Å². The van der Waals surface area contributed by atoms with Crippen LogP contribution in [0.25, 0.3) is 0 Å². The summed E-state index contributed by atoms with van der Waals surface area (Å²) in [4.78, 5) is 25.0. The second-order valence-electron chi connectivity index (χ2n) is 6.07. The lowest BCUT2D eigenvalue weighted by Crippen LogP contribution is -2.41. The molecule has 0 aliphatic carbocycles. The molecular formula is C19H21NO7. The first-order valence-corrected chi connectivity index (χ1v) is 8.53. The van der Waals surface area contributed by atoms with Gasteiger partial charge in [-0.1, -0.05) is 6.07 Å². The molecule has 2 aromatic rings. The van der Waals surface area contributed by atoms with Gasteiger partial charge in [0.25, 0.3) is 5.91 Å². The summed E-state index contributed by atoms with van der Waals surface area (Å²) in [6.45, 7) is 0.953. The normalized spacial score (nSPS) is 14.7. The summed E-state index contributed by atoms with van der Waals surface area (Å²) in [7, 11) is 3.13. The van der Waals surface area contributed by atoms with Gasteiger partial charge in [-0.15, -0.1) is 0 Å². The highest BCUT2D eigenvalue weighted by atomic mass is 16.5. The lowest BCUT2D eigenvalue weighted by Gasteiger charge is -2.32. The number of amides is 1. The molecule has 0 radical (unpaired) electrons. The zero-order valence-corrected chi connectivity index (χ0v) is 15.1. The van der Waals surface area contributed by atoms with Gasteiger partial charge in [-0.3, -0.25) is 4.79 Å². The van der Waals surface area contributed by atoms with Crippen LogP contribution in [0.1, 0.15) is 34.0 Å². The number of methoxy groups -OCH3 is 2. The van der Waals surface area contributed by atoms with Gasteiger partial charge in [0.2, 0.25) is 11.5 Å². The molecule has 1 amide bonds. The number of hydrogen-bond donors (Lipinski definition) is 1. The van der Waals surface area contributed by atoms with Gasteiger partial charge in [-0.2, -0.15) is 0 Å². The molecule has 8 nitrogen and oxygen atoms in total. The molecule has 1 saturated heterocycles. The average Bonchev–Trinajstić information content (AvgIpc) is 3.18. The fraction of sp³-hybridized carbons (Fsp3) is 0.368. The number of ether oxygens (including phenoxy) is 3. The van der Waals surface area contributed by atoms with Gasteiger partial charge in [0.05, 0.1) is 14.2 Å². The van der Waals surface area contributed by atoms with Crippen molar-refractivity contribution >= 4 is 11.9 Å².